The normalized spacial score (nSPS) is 13.5. The molecule has 6 heteroatoms. The Hall–Kier alpha value is -2.89. The Kier molecular flexibility index (Phi) is 6.06. The Balaban J connectivity index is 1.58. The molecular weight excluding hydrogens is 345 g/mol. The minimum atomic E-state index is -0.383. The molecule has 2 amide bonds. The predicted molar refractivity (Wildman–Crippen MR) is 105 cm³/mol. The maximum atomic E-state index is 12.9. The third-order valence-electron chi connectivity index (χ3n) is 4.74. The Bertz CT molecular complexity index is 784. The monoisotopic (exact) mass is 369 g/mol. The average Bonchev–Trinajstić information content (AvgIpc) is 3.20. The molecule has 1 heterocycles. The van der Waals surface area contributed by atoms with Crippen LogP contribution in [0.5, 0.6) is 0 Å². The minimum absolute atomic E-state index is 0.0834. The number of amides is 2. The fraction of sp³-hybridized carbons (Fsp3) is 0.333. The fourth-order valence-electron chi connectivity index (χ4n) is 3.27. The number of carbonyl (C=O) groups excluding carboxylic acids is 2. The summed E-state index contributed by atoms with van der Waals surface area (Å²) >= 11 is 0. The molecule has 0 atom stereocenters. The second kappa shape index (κ2) is 8.66. The van der Waals surface area contributed by atoms with Crippen molar-refractivity contribution in [3.8, 4) is 0 Å². The van der Waals surface area contributed by atoms with E-state index in [1.54, 1.807) is 4.90 Å². The van der Waals surface area contributed by atoms with E-state index in [1.165, 1.54) is 49.7 Å². The topological polar surface area (TPSA) is 52.7 Å². The van der Waals surface area contributed by atoms with Gasteiger partial charge in [-0.05, 0) is 61.4 Å². The number of benzene rings is 2. The van der Waals surface area contributed by atoms with Gasteiger partial charge in [0.15, 0.2) is 0 Å². The van der Waals surface area contributed by atoms with Crippen molar-refractivity contribution in [3.63, 3.8) is 0 Å². The van der Waals surface area contributed by atoms with E-state index in [0.717, 1.165) is 18.8 Å². The molecule has 2 aromatic carbocycles. The van der Waals surface area contributed by atoms with Crippen molar-refractivity contribution in [2.24, 2.45) is 0 Å². The van der Waals surface area contributed by atoms with Crippen LogP contribution in [0.2, 0.25) is 0 Å². The minimum Gasteiger partial charge on any atom is -0.372 e. The maximum absolute atomic E-state index is 12.9. The first-order valence-electron chi connectivity index (χ1n) is 9.21. The van der Waals surface area contributed by atoms with Crippen molar-refractivity contribution in [2.45, 2.75) is 19.8 Å². The van der Waals surface area contributed by atoms with Crippen LogP contribution in [0.25, 0.3) is 0 Å². The van der Waals surface area contributed by atoms with Gasteiger partial charge in [-0.25, -0.2) is 4.39 Å². The highest BCUT2D eigenvalue weighted by atomic mass is 19.1. The summed E-state index contributed by atoms with van der Waals surface area (Å²) in [4.78, 5) is 28.1. The molecule has 5 nitrogen and oxygen atoms in total. The van der Waals surface area contributed by atoms with Gasteiger partial charge in [0.05, 0.1) is 0 Å². The van der Waals surface area contributed by atoms with E-state index >= 15 is 0 Å². The molecule has 142 valence electrons. The first-order valence-corrected chi connectivity index (χ1v) is 9.21. The Morgan fingerprint density at radius 1 is 1.04 bits per heavy atom. The lowest BCUT2D eigenvalue weighted by Gasteiger charge is -2.23. The van der Waals surface area contributed by atoms with E-state index in [0.29, 0.717) is 18.7 Å². The molecule has 0 radical (unpaired) electrons. The molecule has 1 aliphatic rings. The van der Waals surface area contributed by atoms with Crippen LogP contribution in [0.15, 0.2) is 48.5 Å². The summed E-state index contributed by atoms with van der Waals surface area (Å²) in [5.41, 5.74) is 2.37. The van der Waals surface area contributed by atoms with Crippen molar-refractivity contribution >= 4 is 23.2 Å². The summed E-state index contributed by atoms with van der Waals surface area (Å²) in [7, 11) is 0. The van der Waals surface area contributed by atoms with Crippen LogP contribution in [0, 0.1) is 5.82 Å². The third-order valence-corrected chi connectivity index (χ3v) is 4.74. The van der Waals surface area contributed by atoms with Gasteiger partial charge in [-0.3, -0.25) is 9.59 Å². The van der Waals surface area contributed by atoms with Crippen LogP contribution in [0.4, 0.5) is 15.8 Å². The number of hydrogen-bond donors (Lipinski definition) is 1. The van der Waals surface area contributed by atoms with E-state index in [2.05, 4.69) is 10.2 Å². The van der Waals surface area contributed by atoms with E-state index in [-0.39, 0.29) is 17.6 Å². The first kappa shape index (κ1) is 18.9. The zero-order valence-corrected chi connectivity index (χ0v) is 15.5. The van der Waals surface area contributed by atoms with Crippen LogP contribution in [-0.4, -0.2) is 38.0 Å². The fourth-order valence-corrected chi connectivity index (χ4v) is 3.27. The van der Waals surface area contributed by atoms with Crippen molar-refractivity contribution in [1.29, 1.82) is 0 Å². The van der Waals surface area contributed by atoms with E-state index in [4.69, 9.17) is 0 Å². The molecule has 1 N–H and O–H groups in total. The molecule has 0 saturated carbocycles. The van der Waals surface area contributed by atoms with Crippen molar-refractivity contribution in [3.05, 3.63) is 59.9 Å². The SMILES string of the molecule is CC(=O)N(CCNC(=O)c1ccc(F)cc1)c1ccc(N2CCCC2)cc1. The largest absolute Gasteiger partial charge is 0.372 e. The molecule has 2 aromatic rings. The van der Waals surface area contributed by atoms with Gasteiger partial charge in [0.1, 0.15) is 5.82 Å². The van der Waals surface area contributed by atoms with Crippen LogP contribution < -0.4 is 15.1 Å². The standard InChI is InChI=1S/C21H24FN3O2/c1-16(26)25(15-12-23-21(27)17-4-6-18(22)7-5-17)20-10-8-19(9-11-20)24-13-2-3-14-24/h4-11H,2-3,12-15H2,1H3,(H,23,27). The zero-order valence-electron chi connectivity index (χ0n) is 15.5. The van der Waals surface area contributed by atoms with Gasteiger partial charge < -0.3 is 15.1 Å². The van der Waals surface area contributed by atoms with Crippen LogP contribution >= 0.6 is 0 Å². The summed E-state index contributed by atoms with van der Waals surface area (Å²) in [5, 5.41) is 2.77. The Morgan fingerprint density at radius 3 is 2.26 bits per heavy atom. The molecule has 0 spiro atoms. The Labute approximate surface area is 158 Å². The van der Waals surface area contributed by atoms with Crippen LogP contribution in [0.1, 0.15) is 30.1 Å². The van der Waals surface area contributed by atoms with Gasteiger partial charge in [-0.2, -0.15) is 0 Å². The van der Waals surface area contributed by atoms with Gasteiger partial charge in [-0.1, -0.05) is 0 Å². The lowest BCUT2D eigenvalue weighted by Crippen LogP contribution is -2.37. The highest BCUT2D eigenvalue weighted by Crippen LogP contribution is 2.23. The first-order chi connectivity index (χ1) is 13.0. The highest BCUT2D eigenvalue weighted by Gasteiger charge is 2.15. The number of anilines is 2. The molecule has 0 bridgehead atoms. The maximum Gasteiger partial charge on any atom is 0.251 e. The van der Waals surface area contributed by atoms with Crippen molar-refractivity contribution < 1.29 is 14.0 Å². The summed E-state index contributed by atoms with van der Waals surface area (Å²) < 4.78 is 12.9. The van der Waals surface area contributed by atoms with Gasteiger partial charge in [0.25, 0.3) is 5.91 Å². The lowest BCUT2D eigenvalue weighted by molar-refractivity contribution is -0.116. The molecule has 27 heavy (non-hydrogen) atoms. The molecule has 1 fully saturated rings. The number of nitrogens with one attached hydrogen (secondary N) is 1. The number of carbonyl (C=O) groups is 2. The summed E-state index contributed by atoms with van der Waals surface area (Å²) in [6.45, 7) is 4.33. The van der Waals surface area contributed by atoms with Gasteiger partial charge >= 0.3 is 0 Å². The second-order valence-corrected chi connectivity index (χ2v) is 6.64. The molecule has 3 rings (SSSR count). The van der Waals surface area contributed by atoms with E-state index in [9.17, 15) is 14.0 Å². The summed E-state index contributed by atoms with van der Waals surface area (Å²) in [6, 6.07) is 13.3. The van der Waals surface area contributed by atoms with Crippen LogP contribution in [0.3, 0.4) is 0 Å². The highest BCUT2D eigenvalue weighted by molar-refractivity contribution is 5.94. The van der Waals surface area contributed by atoms with Crippen LogP contribution in [-0.2, 0) is 4.79 Å². The number of rotatable bonds is 6. The zero-order chi connectivity index (χ0) is 19.2. The third kappa shape index (κ3) is 4.84. The quantitative estimate of drug-likeness (QED) is 0.851. The molecule has 0 aromatic heterocycles. The van der Waals surface area contributed by atoms with Crippen molar-refractivity contribution in [2.75, 3.05) is 36.0 Å². The molecule has 1 aliphatic heterocycles. The van der Waals surface area contributed by atoms with E-state index in [1.807, 2.05) is 24.3 Å². The summed E-state index contributed by atoms with van der Waals surface area (Å²) in [6.07, 6.45) is 2.43. The smallest absolute Gasteiger partial charge is 0.251 e. The summed E-state index contributed by atoms with van der Waals surface area (Å²) in [5.74, 6) is -0.755. The van der Waals surface area contributed by atoms with Gasteiger partial charge in [0.2, 0.25) is 5.91 Å². The average molecular weight is 369 g/mol. The second-order valence-electron chi connectivity index (χ2n) is 6.64. The molecule has 1 saturated heterocycles. The van der Waals surface area contributed by atoms with E-state index < -0.39 is 0 Å². The molecule has 0 unspecified atom stereocenters. The lowest BCUT2D eigenvalue weighted by atomic mass is 10.2. The van der Waals surface area contributed by atoms with Gasteiger partial charge in [0, 0.05) is 50.0 Å². The number of hydrogen-bond acceptors (Lipinski definition) is 3. The predicted octanol–water partition coefficient (Wildman–Crippen LogP) is 3.21. The molecule has 0 aliphatic carbocycles. The van der Waals surface area contributed by atoms with Gasteiger partial charge in [-0.15, -0.1) is 0 Å². The Morgan fingerprint density at radius 2 is 1.67 bits per heavy atom. The number of halogens is 1. The number of nitrogens with zero attached hydrogens (tertiary/aromatic N) is 2. The van der Waals surface area contributed by atoms with Crippen molar-refractivity contribution in [1.82, 2.24) is 5.32 Å². The molecular formula is C21H24FN3O2.